The lowest BCUT2D eigenvalue weighted by atomic mass is 10.1. The predicted molar refractivity (Wildman–Crippen MR) is 58.3 cm³/mol. The second kappa shape index (κ2) is 5.16. The van der Waals surface area contributed by atoms with Crippen molar-refractivity contribution < 1.29 is 4.79 Å². The van der Waals surface area contributed by atoms with E-state index in [1.165, 1.54) is 0 Å². The molecule has 0 heterocycles. The maximum atomic E-state index is 11.7. The average molecular weight is 202 g/mol. The fourth-order valence-electron chi connectivity index (χ4n) is 1.28. The van der Waals surface area contributed by atoms with E-state index >= 15 is 0 Å². The van der Waals surface area contributed by atoms with E-state index in [0.717, 1.165) is 5.56 Å². The summed E-state index contributed by atoms with van der Waals surface area (Å²) in [7, 11) is 0. The fraction of sp³-hybridized carbons (Fsp3) is 0.333. The third-order valence-corrected chi connectivity index (χ3v) is 2.06. The SMILES string of the molecule is Cc1cccc(C(=O)NC(C)CC#N)c1. The van der Waals surface area contributed by atoms with Gasteiger partial charge in [-0.15, -0.1) is 0 Å². The van der Waals surface area contributed by atoms with Crippen LogP contribution >= 0.6 is 0 Å². The zero-order valence-electron chi connectivity index (χ0n) is 8.95. The van der Waals surface area contributed by atoms with Crippen molar-refractivity contribution in [2.75, 3.05) is 0 Å². The van der Waals surface area contributed by atoms with Gasteiger partial charge in [0.1, 0.15) is 0 Å². The van der Waals surface area contributed by atoms with Gasteiger partial charge in [0, 0.05) is 11.6 Å². The van der Waals surface area contributed by atoms with E-state index in [9.17, 15) is 4.79 Å². The highest BCUT2D eigenvalue weighted by atomic mass is 16.1. The van der Waals surface area contributed by atoms with Crippen LogP contribution in [0.5, 0.6) is 0 Å². The van der Waals surface area contributed by atoms with Crippen molar-refractivity contribution in [3.05, 3.63) is 35.4 Å². The van der Waals surface area contributed by atoms with E-state index in [1.54, 1.807) is 6.07 Å². The predicted octanol–water partition coefficient (Wildman–Crippen LogP) is 2.03. The first-order valence-corrected chi connectivity index (χ1v) is 4.88. The molecule has 0 spiro atoms. The summed E-state index contributed by atoms with van der Waals surface area (Å²) >= 11 is 0. The molecule has 0 fully saturated rings. The molecule has 78 valence electrons. The van der Waals surface area contributed by atoms with Crippen LogP contribution < -0.4 is 5.32 Å². The van der Waals surface area contributed by atoms with Crippen LogP contribution in [0, 0.1) is 18.3 Å². The Morgan fingerprint density at radius 2 is 2.33 bits per heavy atom. The summed E-state index contributed by atoms with van der Waals surface area (Å²) in [5, 5.41) is 11.2. The highest BCUT2D eigenvalue weighted by molar-refractivity contribution is 5.94. The first-order valence-electron chi connectivity index (χ1n) is 4.88. The van der Waals surface area contributed by atoms with Gasteiger partial charge in [-0.25, -0.2) is 0 Å². The van der Waals surface area contributed by atoms with Gasteiger partial charge in [-0.05, 0) is 26.0 Å². The Morgan fingerprint density at radius 1 is 1.60 bits per heavy atom. The molecule has 1 aromatic rings. The number of nitrogens with zero attached hydrogens (tertiary/aromatic N) is 1. The minimum atomic E-state index is -0.124. The largest absolute Gasteiger partial charge is 0.349 e. The Labute approximate surface area is 89.7 Å². The van der Waals surface area contributed by atoms with Crippen molar-refractivity contribution in [2.45, 2.75) is 26.3 Å². The number of hydrogen-bond donors (Lipinski definition) is 1. The minimum absolute atomic E-state index is 0.108. The molecule has 0 aliphatic rings. The van der Waals surface area contributed by atoms with Crippen LogP contribution in [-0.4, -0.2) is 11.9 Å². The van der Waals surface area contributed by atoms with Gasteiger partial charge >= 0.3 is 0 Å². The highest BCUT2D eigenvalue weighted by Gasteiger charge is 2.08. The number of carbonyl (C=O) groups is 1. The van der Waals surface area contributed by atoms with Crippen LogP contribution in [0.4, 0.5) is 0 Å². The number of benzene rings is 1. The van der Waals surface area contributed by atoms with Crippen LogP contribution in [0.2, 0.25) is 0 Å². The van der Waals surface area contributed by atoms with Gasteiger partial charge in [0.2, 0.25) is 0 Å². The van der Waals surface area contributed by atoms with Crippen molar-refractivity contribution in [2.24, 2.45) is 0 Å². The molecule has 0 aliphatic carbocycles. The topological polar surface area (TPSA) is 52.9 Å². The first kappa shape index (κ1) is 11.3. The van der Waals surface area contributed by atoms with Crippen LogP contribution in [-0.2, 0) is 0 Å². The summed E-state index contributed by atoms with van der Waals surface area (Å²) in [5.74, 6) is -0.124. The van der Waals surface area contributed by atoms with Crippen molar-refractivity contribution in [3.8, 4) is 6.07 Å². The molecule has 0 aliphatic heterocycles. The first-order chi connectivity index (χ1) is 7.13. The quantitative estimate of drug-likeness (QED) is 0.815. The van der Waals surface area contributed by atoms with Crippen molar-refractivity contribution in [3.63, 3.8) is 0 Å². The fourth-order valence-corrected chi connectivity index (χ4v) is 1.28. The zero-order valence-corrected chi connectivity index (χ0v) is 8.95. The second-order valence-corrected chi connectivity index (χ2v) is 3.61. The lowest BCUT2D eigenvalue weighted by molar-refractivity contribution is 0.0940. The van der Waals surface area contributed by atoms with Crippen molar-refractivity contribution >= 4 is 5.91 Å². The zero-order chi connectivity index (χ0) is 11.3. The lowest BCUT2D eigenvalue weighted by Crippen LogP contribution is -2.32. The number of aryl methyl sites for hydroxylation is 1. The molecule has 1 N–H and O–H groups in total. The van der Waals surface area contributed by atoms with Crippen molar-refractivity contribution in [1.82, 2.24) is 5.32 Å². The van der Waals surface area contributed by atoms with Gasteiger partial charge in [0.25, 0.3) is 5.91 Å². The number of carbonyl (C=O) groups excluding carboxylic acids is 1. The van der Waals surface area contributed by atoms with Gasteiger partial charge in [0.15, 0.2) is 0 Å². The van der Waals surface area contributed by atoms with Gasteiger partial charge in [-0.1, -0.05) is 17.7 Å². The van der Waals surface area contributed by atoms with Gasteiger partial charge < -0.3 is 5.32 Å². The number of amides is 1. The lowest BCUT2D eigenvalue weighted by Gasteiger charge is -2.10. The summed E-state index contributed by atoms with van der Waals surface area (Å²) in [6.07, 6.45) is 0.331. The summed E-state index contributed by atoms with van der Waals surface area (Å²) in [6, 6.07) is 9.29. The molecule has 1 rings (SSSR count). The summed E-state index contributed by atoms with van der Waals surface area (Å²) in [5.41, 5.74) is 1.69. The van der Waals surface area contributed by atoms with E-state index < -0.39 is 0 Å². The standard InChI is InChI=1S/C12H14N2O/c1-9-4-3-5-11(8-9)12(15)14-10(2)6-7-13/h3-5,8,10H,6H2,1-2H3,(H,14,15). The highest BCUT2D eigenvalue weighted by Crippen LogP contribution is 2.04. The van der Waals surface area contributed by atoms with Crippen molar-refractivity contribution in [1.29, 1.82) is 5.26 Å². The van der Waals surface area contributed by atoms with Crippen LogP contribution in [0.1, 0.15) is 29.3 Å². The summed E-state index contributed by atoms with van der Waals surface area (Å²) in [4.78, 5) is 11.7. The molecule has 1 unspecified atom stereocenters. The van der Waals surface area contributed by atoms with E-state index in [2.05, 4.69) is 5.32 Å². The normalized spacial score (nSPS) is 11.5. The minimum Gasteiger partial charge on any atom is -0.349 e. The molecule has 0 aromatic heterocycles. The number of nitrogens with one attached hydrogen (secondary N) is 1. The van der Waals surface area contributed by atoms with E-state index in [0.29, 0.717) is 12.0 Å². The Bertz CT molecular complexity index is 393. The molecular weight excluding hydrogens is 188 g/mol. The number of rotatable bonds is 3. The smallest absolute Gasteiger partial charge is 0.251 e. The third-order valence-electron chi connectivity index (χ3n) is 2.06. The Kier molecular flexibility index (Phi) is 3.87. The maximum absolute atomic E-state index is 11.7. The van der Waals surface area contributed by atoms with E-state index in [-0.39, 0.29) is 11.9 Å². The van der Waals surface area contributed by atoms with E-state index in [1.807, 2.05) is 38.1 Å². The van der Waals surface area contributed by atoms with Crippen LogP contribution in [0.25, 0.3) is 0 Å². The molecule has 3 nitrogen and oxygen atoms in total. The number of hydrogen-bond acceptors (Lipinski definition) is 2. The van der Waals surface area contributed by atoms with Gasteiger partial charge in [-0.2, -0.15) is 5.26 Å². The average Bonchev–Trinajstić information content (AvgIpc) is 2.18. The van der Waals surface area contributed by atoms with Crippen LogP contribution in [0.15, 0.2) is 24.3 Å². The second-order valence-electron chi connectivity index (χ2n) is 3.61. The maximum Gasteiger partial charge on any atom is 0.251 e. The molecule has 0 saturated heterocycles. The Balaban J connectivity index is 2.66. The van der Waals surface area contributed by atoms with Gasteiger partial charge in [0.05, 0.1) is 12.5 Å². The number of nitriles is 1. The molecule has 15 heavy (non-hydrogen) atoms. The molecule has 1 atom stereocenters. The Hall–Kier alpha value is -1.82. The molecule has 1 amide bonds. The molecule has 0 radical (unpaired) electrons. The summed E-state index contributed by atoms with van der Waals surface area (Å²) < 4.78 is 0. The molecule has 0 saturated carbocycles. The monoisotopic (exact) mass is 202 g/mol. The molecule has 3 heteroatoms. The molecule has 1 aromatic carbocycles. The Morgan fingerprint density at radius 3 is 2.93 bits per heavy atom. The molecular formula is C12H14N2O. The molecule has 0 bridgehead atoms. The van der Waals surface area contributed by atoms with Crippen LogP contribution in [0.3, 0.4) is 0 Å². The van der Waals surface area contributed by atoms with Gasteiger partial charge in [-0.3, -0.25) is 4.79 Å². The summed E-state index contributed by atoms with van der Waals surface area (Å²) in [6.45, 7) is 3.76. The van der Waals surface area contributed by atoms with E-state index in [4.69, 9.17) is 5.26 Å². The third kappa shape index (κ3) is 3.43.